The van der Waals surface area contributed by atoms with Crippen LogP contribution in [0.3, 0.4) is 0 Å². The zero-order valence-electron chi connectivity index (χ0n) is 14.5. The second-order valence-electron chi connectivity index (χ2n) is 6.40. The molecule has 1 fully saturated rings. The summed E-state index contributed by atoms with van der Waals surface area (Å²) >= 11 is 0. The molecule has 6 heteroatoms. The van der Waals surface area contributed by atoms with Crippen molar-refractivity contribution < 1.29 is 14.3 Å². The van der Waals surface area contributed by atoms with Gasteiger partial charge in [0.15, 0.2) is 0 Å². The number of rotatable bonds is 5. The predicted octanol–water partition coefficient (Wildman–Crippen LogP) is 2.03. The molecule has 0 aliphatic carbocycles. The number of amides is 1. The number of benzene rings is 1. The Bertz CT molecular complexity index is 726. The van der Waals surface area contributed by atoms with E-state index in [4.69, 9.17) is 9.47 Å². The molecule has 1 aromatic carbocycles. The molecule has 3 rings (SSSR count). The molecule has 0 saturated carbocycles. The Morgan fingerprint density at radius 1 is 1.46 bits per heavy atom. The van der Waals surface area contributed by atoms with E-state index in [1.54, 1.807) is 7.11 Å². The summed E-state index contributed by atoms with van der Waals surface area (Å²) in [6.07, 6.45) is 1.82. The van der Waals surface area contributed by atoms with Crippen molar-refractivity contribution in [3.05, 3.63) is 29.1 Å². The van der Waals surface area contributed by atoms with Crippen molar-refractivity contribution in [3.8, 4) is 0 Å². The van der Waals surface area contributed by atoms with Crippen molar-refractivity contribution >= 4 is 16.9 Å². The number of methoxy groups -OCH3 is 1. The number of carbonyl (C=O) groups excluding carboxylic acids is 1. The van der Waals surface area contributed by atoms with Crippen molar-refractivity contribution in [2.24, 2.45) is 0 Å². The number of H-pyrrole nitrogens is 1. The van der Waals surface area contributed by atoms with E-state index in [0.29, 0.717) is 26.1 Å². The van der Waals surface area contributed by atoms with E-state index in [0.717, 1.165) is 23.3 Å². The third-order valence-electron chi connectivity index (χ3n) is 4.76. The number of fused-ring (bicyclic) bond motifs is 1. The molecule has 2 heterocycles. The molecule has 0 unspecified atom stereocenters. The fourth-order valence-electron chi connectivity index (χ4n) is 3.13. The number of aromatic amines is 1. The summed E-state index contributed by atoms with van der Waals surface area (Å²) in [7, 11) is 1.67. The number of aromatic nitrogens is 2. The molecule has 1 aliphatic heterocycles. The second kappa shape index (κ2) is 7.32. The van der Waals surface area contributed by atoms with Crippen LogP contribution in [0.2, 0.25) is 0 Å². The zero-order valence-corrected chi connectivity index (χ0v) is 14.5. The van der Waals surface area contributed by atoms with Gasteiger partial charge in [0.05, 0.1) is 29.8 Å². The molecule has 1 aliphatic rings. The number of nitrogens with one attached hydrogen (secondary N) is 2. The van der Waals surface area contributed by atoms with Crippen LogP contribution in [0.5, 0.6) is 0 Å². The van der Waals surface area contributed by atoms with Crippen molar-refractivity contribution in [1.82, 2.24) is 15.3 Å². The van der Waals surface area contributed by atoms with Crippen LogP contribution in [0, 0.1) is 13.8 Å². The zero-order chi connectivity index (χ0) is 17.1. The lowest BCUT2D eigenvalue weighted by Gasteiger charge is -2.31. The van der Waals surface area contributed by atoms with Crippen LogP contribution >= 0.6 is 0 Å². The van der Waals surface area contributed by atoms with E-state index < -0.39 is 0 Å². The number of nitrogens with zero attached hydrogens (tertiary/aromatic N) is 1. The van der Waals surface area contributed by atoms with E-state index >= 15 is 0 Å². The Labute approximate surface area is 141 Å². The summed E-state index contributed by atoms with van der Waals surface area (Å²) in [6.45, 7) is 5.34. The molecule has 1 aromatic heterocycles. The van der Waals surface area contributed by atoms with Gasteiger partial charge in [-0.2, -0.15) is 0 Å². The molecule has 6 nitrogen and oxygen atoms in total. The highest BCUT2D eigenvalue weighted by molar-refractivity contribution is 5.80. The molecule has 0 spiro atoms. The van der Waals surface area contributed by atoms with Gasteiger partial charge >= 0.3 is 0 Å². The maximum atomic E-state index is 12.2. The molecular weight excluding hydrogens is 306 g/mol. The molecule has 130 valence electrons. The minimum Gasteiger partial charge on any atom is -0.379 e. The van der Waals surface area contributed by atoms with Gasteiger partial charge in [0.1, 0.15) is 5.82 Å². The summed E-state index contributed by atoms with van der Waals surface area (Å²) in [4.78, 5) is 20.2. The Kier molecular flexibility index (Phi) is 5.16. The van der Waals surface area contributed by atoms with E-state index in [2.05, 4.69) is 35.2 Å². The lowest BCUT2D eigenvalue weighted by Crippen LogP contribution is -2.50. The molecule has 0 radical (unpaired) electrons. The summed E-state index contributed by atoms with van der Waals surface area (Å²) in [6, 6.07) is 4.05. The molecule has 24 heavy (non-hydrogen) atoms. The second-order valence-corrected chi connectivity index (χ2v) is 6.40. The van der Waals surface area contributed by atoms with Gasteiger partial charge in [0, 0.05) is 26.6 Å². The summed E-state index contributed by atoms with van der Waals surface area (Å²) in [5.74, 6) is 0.845. The molecule has 1 amide bonds. The first-order chi connectivity index (χ1) is 11.6. The topological polar surface area (TPSA) is 76.2 Å². The highest BCUT2D eigenvalue weighted by Crippen LogP contribution is 2.19. The first-order valence-corrected chi connectivity index (χ1v) is 8.43. The Morgan fingerprint density at radius 3 is 3.08 bits per heavy atom. The lowest BCUT2D eigenvalue weighted by molar-refractivity contribution is -0.125. The van der Waals surface area contributed by atoms with Gasteiger partial charge in [-0.05, 0) is 37.5 Å². The summed E-state index contributed by atoms with van der Waals surface area (Å²) in [5, 5.41) is 3.01. The maximum Gasteiger partial charge on any atom is 0.220 e. The van der Waals surface area contributed by atoms with Crippen molar-refractivity contribution in [2.75, 3.05) is 20.3 Å². The standard InChI is InChI=1S/C18H25N3O3/c1-11-4-5-13-18(12(11)2)21-16(19-13)6-7-17(22)20-14-10-24-9-8-15(14)23-3/h4-5,14-15H,6-10H2,1-3H3,(H,19,21)(H,20,22)/t14-,15-/m1/s1. The summed E-state index contributed by atoms with van der Waals surface area (Å²) in [5.41, 5.74) is 4.42. The minimum absolute atomic E-state index is 0.000841. The number of carbonyl (C=O) groups is 1. The van der Waals surface area contributed by atoms with Crippen LogP contribution in [0.4, 0.5) is 0 Å². The minimum atomic E-state index is -0.0724. The number of hydrogen-bond acceptors (Lipinski definition) is 4. The highest BCUT2D eigenvalue weighted by atomic mass is 16.5. The third kappa shape index (κ3) is 3.60. The average Bonchev–Trinajstić information content (AvgIpc) is 3.01. The van der Waals surface area contributed by atoms with E-state index in [-0.39, 0.29) is 18.1 Å². The van der Waals surface area contributed by atoms with Crippen LogP contribution in [-0.2, 0) is 20.7 Å². The van der Waals surface area contributed by atoms with Crippen LogP contribution in [-0.4, -0.2) is 48.3 Å². The van der Waals surface area contributed by atoms with Crippen LogP contribution in [0.15, 0.2) is 12.1 Å². The SMILES string of the molecule is CO[C@@H]1CCOC[C@H]1NC(=O)CCc1nc2c(C)c(C)ccc2[nH]1. The normalized spacial score (nSPS) is 21.1. The molecular formula is C18H25N3O3. The number of imidazole rings is 1. The Hall–Kier alpha value is -1.92. The molecule has 1 saturated heterocycles. The van der Waals surface area contributed by atoms with Crippen molar-refractivity contribution in [2.45, 2.75) is 45.3 Å². The van der Waals surface area contributed by atoms with Crippen LogP contribution in [0.1, 0.15) is 29.8 Å². The van der Waals surface area contributed by atoms with E-state index in [1.807, 2.05) is 6.07 Å². The average molecular weight is 331 g/mol. The van der Waals surface area contributed by atoms with Gasteiger partial charge in [-0.25, -0.2) is 4.98 Å². The van der Waals surface area contributed by atoms with Crippen LogP contribution in [0.25, 0.3) is 11.0 Å². The van der Waals surface area contributed by atoms with Gasteiger partial charge in [-0.1, -0.05) is 6.07 Å². The van der Waals surface area contributed by atoms with Crippen molar-refractivity contribution in [1.29, 1.82) is 0 Å². The Morgan fingerprint density at radius 2 is 2.29 bits per heavy atom. The van der Waals surface area contributed by atoms with Gasteiger partial charge < -0.3 is 19.8 Å². The molecule has 2 atom stereocenters. The number of aryl methyl sites for hydroxylation is 3. The van der Waals surface area contributed by atoms with Crippen LogP contribution < -0.4 is 5.32 Å². The van der Waals surface area contributed by atoms with Gasteiger partial charge in [-0.15, -0.1) is 0 Å². The first kappa shape index (κ1) is 16.9. The quantitative estimate of drug-likeness (QED) is 0.879. The monoisotopic (exact) mass is 331 g/mol. The van der Waals surface area contributed by atoms with Gasteiger partial charge in [-0.3, -0.25) is 4.79 Å². The summed E-state index contributed by atoms with van der Waals surface area (Å²) < 4.78 is 10.8. The third-order valence-corrected chi connectivity index (χ3v) is 4.76. The maximum absolute atomic E-state index is 12.2. The van der Waals surface area contributed by atoms with E-state index in [9.17, 15) is 4.79 Å². The van der Waals surface area contributed by atoms with E-state index in [1.165, 1.54) is 11.1 Å². The number of hydrogen-bond donors (Lipinski definition) is 2. The Balaban J connectivity index is 1.59. The smallest absolute Gasteiger partial charge is 0.220 e. The van der Waals surface area contributed by atoms with Gasteiger partial charge in [0.25, 0.3) is 0 Å². The number of ether oxygens (including phenoxy) is 2. The fourth-order valence-corrected chi connectivity index (χ4v) is 3.13. The first-order valence-electron chi connectivity index (χ1n) is 8.43. The molecule has 2 N–H and O–H groups in total. The fraction of sp³-hybridized carbons (Fsp3) is 0.556. The predicted molar refractivity (Wildman–Crippen MR) is 92.1 cm³/mol. The van der Waals surface area contributed by atoms with Crippen molar-refractivity contribution in [3.63, 3.8) is 0 Å². The highest BCUT2D eigenvalue weighted by Gasteiger charge is 2.26. The molecule has 0 bridgehead atoms. The molecule has 2 aromatic rings. The lowest BCUT2D eigenvalue weighted by atomic mass is 10.1. The largest absolute Gasteiger partial charge is 0.379 e. The van der Waals surface area contributed by atoms with Gasteiger partial charge in [0.2, 0.25) is 5.91 Å².